The Hall–Kier alpha value is -2.82. The third-order valence-corrected chi connectivity index (χ3v) is 7.30. The van der Waals surface area contributed by atoms with Crippen LogP contribution in [0.4, 0.5) is 5.13 Å². The van der Waals surface area contributed by atoms with Gasteiger partial charge < -0.3 is 9.73 Å². The molecule has 5 rings (SSSR count). The van der Waals surface area contributed by atoms with Crippen molar-refractivity contribution in [2.45, 2.75) is 25.0 Å². The highest BCUT2D eigenvalue weighted by Crippen LogP contribution is 2.27. The summed E-state index contributed by atoms with van der Waals surface area (Å²) >= 11 is 4.35. The van der Waals surface area contributed by atoms with Crippen molar-refractivity contribution in [2.75, 3.05) is 11.1 Å². The monoisotopic (exact) mass is 467 g/mol. The van der Waals surface area contributed by atoms with E-state index in [9.17, 15) is 4.79 Å². The fourth-order valence-electron chi connectivity index (χ4n) is 3.01. The largest absolute Gasteiger partial charge is 0.416 e. The van der Waals surface area contributed by atoms with Gasteiger partial charge >= 0.3 is 0 Å². The smallest absolute Gasteiger partial charge is 0.277 e. The van der Waals surface area contributed by atoms with E-state index in [-0.39, 0.29) is 11.7 Å². The van der Waals surface area contributed by atoms with Gasteiger partial charge in [-0.3, -0.25) is 4.79 Å². The average molecular weight is 468 g/mol. The molecule has 1 N–H and O–H groups in total. The molecule has 156 valence electrons. The molecule has 0 unspecified atom stereocenters. The fourth-order valence-corrected chi connectivity index (χ4v) is 5.53. The van der Waals surface area contributed by atoms with Crippen LogP contribution in [0.2, 0.25) is 0 Å². The summed E-state index contributed by atoms with van der Waals surface area (Å²) in [5.74, 6) is 0.563. The number of aromatic nitrogens is 4. The summed E-state index contributed by atoms with van der Waals surface area (Å²) in [7, 11) is 0. The zero-order valence-corrected chi connectivity index (χ0v) is 18.9. The van der Waals surface area contributed by atoms with Crippen LogP contribution in [-0.4, -0.2) is 31.8 Å². The van der Waals surface area contributed by atoms with Crippen molar-refractivity contribution in [3.63, 3.8) is 0 Å². The van der Waals surface area contributed by atoms with Gasteiger partial charge in [-0.25, -0.2) is 9.97 Å². The minimum Gasteiger partial charge on any atom is -0.416 e. The summed E-state index contributed by atoms with van der Waals surface area (Å²) in [6.07, 6.45) is 1.36. The van der Waals surface area contributed by atoms with Crippen LogP contribution in [0.25, 0.3) is 20.4 Å². The van der Waals surface area contributed by atoms with Crippen molar-refractivity contribution >= 4 is 65.9 Å². The van der Waals surface area contributed by atoms with E-state index in [1.807, 2.05) is 37.3 Å². The second kappa shape index (κ2) is 8.74. The van der Waals surface area contributed by atoms with Crippen molar-refractivity contribution < 1.29 is 9.21 Å². The molecule has 0 fully saturated rings. The SMILES string of the molecule is Cc1ccc2nc(NC(=O)CSc3nnc(CCc4nc5ccccc5s4)o3)sc2c1. The number of thiazole rings is 2. The van der Waals surface area contributed by atoms with Gasteiger partial charge in [-0.2, -0.15) is 0 Å². The molecule has 5 aromatic rings. The molecule has 1 amide bonds. The Bertz CT molecular complexity index is 1340. The molecule has 2 aromatic carbocycles. The first-order valence-electron chi connectivity index (χ1n) is 9.59. The molecule has 7 nitrogen and oxygen atoms in total. The van der Waals surface area contributed by atoms with Gasteiger partial charge in [-0.05, 0) is 36.8 Å². The lowest BCUT2D eigenvalue weighted by Gasteiger charge is -1.98. The van der Waals surface area contributed by atoms with Gasteiger partial charge in [0.1, 0.15) is 0 Å². The molecule has 3 aromatic heterocycles. The molecular formula is C21H17N5O2S3. The Morgan fingerprint density at radius 3 is 2.81 bits per heavy atom. The van der Waals surface area contributed by atoms with Gasteiger partial charge in [0.05, 0.1) is 31.2 Å². The quantitative estimate of drug-likeness (QED) is 0.332. The van der Waals surface area contributed by atoms with Crippen LogP contribution in [0.3, 0.4) is 0 Å². The zero-order valence-electron chi connectivity index (χ0n) is 16.5. The highest BCUT2D eigenvalue weighted by atomic mass is 32.2. The minimum absolute atomic E-state index is 0.157. The molecule has 31 heavy (non-hydrogen) atoms. The number of benzene rings is 2. The van der Waals surface area contributed by atoms with Gasteiger partial charge in [-0.15, -0.1) is 21.5 Å². The summed E-state index contributed by atoms with van der Waals surface area (Å²) in [6, 6.07) is 14.1. The van der Waals surface area contributed by atoms with Gasteiger partial charge in [0.15, 0.2) is 5.13 Å². The Morgan fingerprint density at radius 1 is 1.03 bits per heavy atom. The number of para-hydroxylation sites is 1. The Labute approximate surface area is 189 Å². The minimum atomic E-state index is -0.157. The van der Waals surface area contributed by atoms with E-state index in [2.05, 4.69) is 37.6 Å². The van der Waals surface area contributed by atoms with Crippen molar-refractivity contribution in [3.05, 3.63) is 58.9 Å². The zero-order chi connectivity index (χ0) is 21.2. The highest BCUT2D eigenvalue weighted by Gasteiger charge is 2.13. The number of nitrogens with one attached hydrogen (secondary N) is 1. The number of thioether (sulfide) groups is 1. The summed E-state index contributed by atoms with van der Waals surface area (Å²) in [6.45, 7) is 2.03. The summed E-state index contributed by atoms with van der Waals surface area (Å²) < 4.78 is 7.89. The van der Waals surface area contributed by atoms with Crippen molar-refractivity contribution in [1.29, 1.82) is 0 Å². The Balaban J connectivity index is 1.13. The number of rotatable bonds is 7. The lowest BCUT2D eigenvalue weighted by atomic mass is 10.2. The van der Waals surface area contributed by atoms with Gasteiger partial charge in [0, 0.05) is 12.8 Å². The predicted octanol–water partition coefficient (Wildman–Crippen LogP) is 5.11. The van der Waals surface area contributed by atoms with Gasteiger partial charge in [0.25, 0.3) is 5.22 Å². The van der Waals surface area contributed by atoms with E-state index < -0.39 is 0 Å². The van der Waals surface area contributed by atoms with E-state index >= 15 is 0 Å². The standard InChI is InChI=1S/C21H17N5O2S3/c1-12-6-7-14-16(10-12)31-20(23-14)24-17(27)11-29-21-26-25-18(28-21)8-9-19-22-13-4-2-3-5-15(13)30-19/h2-7,10H,8-9,11H2,1H3,(H,23,24,27). The van der Waals surface area contributed by atoms with Crippen LogP contribution >= 0.6 is 34.4 Å². The van der Waals surface area contributed by atoms with Crippen LogP contribution in [0.5, 0.6) is 0 Å². The molecular weight excluding hydrogens is 450 g/mol. The first kappa shape index (κ1) is 20.1. The van der Waals surface area contributed by atoms with E-state index in [1.165, 1.54) is 33.4 Å². The molecule has 0 aliphatic rings. The number of fused-ring (bicyclic) bond motifs is 2. The molecule has 10 heteroatoms. The van der Waals surface area contributed by atoms with E-state index in [4.69, 9.17) is 4.42 Å². The number of carbonyl (C=O) groups is 1. The van der Waals surface area contributed by atoms with Crippen LogP contribution in [-0.2, 0) is 17.6 Å². The maximum absolute atomic E-state index is 12.3. The maximum Gasteiger partial charge on any atom is 0.277 e. The Morgan fingerprint density at radius 2 is 1.90 bits per heavy atom. The van der Waals surface area contributed by atoms with Crippen LogP contribution < -0.4 is 5.32 Å². The predicted molar refractivity (Wildman–Crippen MR) is 125 cm³/mol. The third kappa shape index (κ3) is 4.76. The first-order valence-corrected chi connectivity index (χ1v) is 12.2. The van der Waals surface area contributed by atoms with Crippen molar-refractivity contribution in [3.8, 4) is 0 Å². The maximum atomic E-state index is 12.3. The van der Waals surface area contributed by atoms with E-state index in [0.717, 1.165) is 27.2 Å². The van der Waals surface area contributed by atoms with Crippen LogP contribution in [0.15, 0.2) is 52.1 Å². The van der Waals surface area contributed by atoms with E-state index in [1.54, 1.807) is 11.3 Å². The normalized spacial score (nSPS) is 11.4. The molecule has 0 aliphatic heterocycles. The van der Waals surface area contributed by atoms with Crippen LogP contribution in [0.1, 0.15) is 16.5 Å². The molecule has 0 radical (unpaired) electrons. The lowest BCUT2D eigenvalue weighted by molar-refractivity contribution is -0.113. The number of carbonyl (C=O) groups excluding carboxylic acids is 1. The molecule has 0 atom stereocenters. The van der Waals surface area contributed by atoms with Crippen molar-refractivity contribution in [1.82, 2.24) is 20.2 Å². The number of hydrogen-bond donors (Lipinski definition) is 1. The molecule has 0 saturated heterocycles. The fraction of sp³-hybridized carbons (Fsp3) is 0.190. The van der Waals surface area contributed by atoms with Crippen LogP contribution in [0, 0.1) is 6.92 Å². The number of aryl methyl sites for hydroxylation is 3. The van der Waals surface area contributed by atoms with Gasteiger partial charge in [-0.1, -0.05) is 41.3 Å². The number of nitrogens with zero attached hydrogens (tertiary/aromatic N) is 4. The average Bonchev–Trinajstić information content (AvgIpc) is 3.47. The highest BCUT2D eigenvalue weighted by molar-refractivity contribution is 7.99. The number of amides is 1. The molecule has 0 bridgehead atoms. The molecule has 0 spiro atoms. The molecule has 0 aliphatic carbocycles. The summed E-state index contributed by atoms with van der Waals surface area (Å²) in [5, 5.41) is 13.0. The number of hydrogen-bond acceptors (Lipinski definition) is 9. The third-order valence-electron chi connectivity index (χ3n) is 4.46. The first-order chi connectivity index (χ1) is 15.1. The summed E-state index contributed by atoms with van der Waals surface area (Å²) in [4.78, 5) is 21.3. The lowest BCUT2D eigenvalue weighted by Crippen LogP contribution is -2.13. The number of anilines is 1. The molecule has 0 saturated carbocycles. The second-order valence-corrected chi connectivity index (χ2v) is 9.94. The second-order valence-electron chi connectivity index (χ2n) is 6.86. The molecule has 3 heterocycles. The van der Waals surface area contributed by atoms with Gasteiger partial charge in [0.2, 0.25) is 11.8 Å². The summed E-state index contributed by atoms with van der Waals surface area (Å²) in [5.41, 5.74) is 3.06. The van der Waals surface area contributed by atoms with Crippen molar-refractivity contribution in [2.24, 2.45) is 0 Å². The topological polar surface area (TPSA) is 93.8 Å². The Kier molecular flexibility index (Phi) is 5.66. The van der Waals surface area contributed by atoms with E-state index in [0.29, 0.717) is 22.7 Å².